The van der Waals surface area contributed by atoms with Crippen molar-refractivity contribution in [3.63, 3.8) is 0 Å². The molecular weight excluding hydrogens is 112 g/mol. The first kappa shape index (κ1) is 8.70. The Labute approximate surface area is 57.7 Å². The van der Waals surface area contributed by atoms with Crippen molar-refractivity contribution in [3.05, 3.63) is 18.6 Å². The van der Waals surface area contributed by atoms with E-state index in [-0.39, 0.29) is 0 Å². The summed E-state index contributed by atoms with van der Waals surface area (Å²) in [5.74, 6) is 1.37. The zero-order valence-corrected chi connectivity index (χ0v) is 6.31. The Morgan fingerprint density at radius 1 is 1.67 bits per heavy atom. The molecule has 0 N–H and O–H groups in total. The van der Waals surface area contributed by atoms with Crippen molar-refractivity contribution in [2.24, 2.45) is 0 Å². The molecule has 0 atom stereocenters. The van der Waals surface area contributed by atoms with Gasteiger partial charge in [-0.25, -0.2) is 0 Å². The van der Waals surface area contributed by atoms with Gasteiger partial charge in [-0.05, 0) is 18.8 Å². The van der Waals surface area contributed by atoms with E-state index in [1.54, 1.807) is 7.11 Å². The van der Waals surface area contributed by atoms with E-state index in [0.29, 0.717) is 0 Å². The van der Waals surface area contributed by atoms with Crippen LogP contribution >= 0.6 is 0 Å². The van der Waals surface area contributed by atoms with Crippen LogP contribution in [0, 0.1) is 5.92 Å². The number of hydrogen-bond donors (Lipinski definition) is 0. The van der Waals surface area contributed by atoms with Crippen molar-refractivity contribution in [1.82, 2.24) is 0 Å². The normalized spacial score (nSPS) is 10.1. The topological polar surface area (TPSA) is 9.23 Å². The molecule has 1 heteroatoms. The molecule has 0 spiro atoms. The Bertz CT molecular complexity index is 69.0. The van der Waals surface area contributed by atoms with Gasteiger partial charge in [-0.15, -0.1) is 6.58 Å². The molecule has 0 saturated carbocycles. The third kappa shape index (κ3) is 4.22. The Morgan fingerprint density at radius 2 is 2.33 bits per heavy atom. The van der Waals surface area contributed by atoms with E-state index >= 15 is 0 Å². The summed E-state index contributed by atoms with van der Waals surface area (Å²) < 4.78 is 4.91. The summed E-state index contributed by atoms with van der Waals surface area (Å²) in [5, 5.41) is 0. The smallest absolute Gasteiger partial charge is 0.0470 e. The Kier molecular flexibility index (Phi) is 5.64. The molecule has 1 radical (unpaired) electrons. The first-order valence-corrected chi connectivity index (χ1v) is 3.31. The highest BCUT2D eigenvalue weighted by Gasteiger charge is 1.98. The predicted octanol–water partition coefficient (Wildman–Crippen LogP) is 2.19. The van der Waals surface area contributed by atoms with Crippen LogP contribution in [0.2, 0.25) is 0 Å². The lowest BCUT2D eigenvalue weighted by Gasteiger charge is -2.05. The average molecular weight is 127 g/mol. The van der Waals surface area contributed by atoms with Gasteiger partial charge in [0, 0.05) is 13.7 Å². The monoisotopic (exact) mass is 127 g/mol. The van der Waals surface area contributed by atoms with Crippen molar-refractivity contribution >= 4 is 0 Å². The van der Waals surface area contributed by atoms with Gasteiger partial charge in [0.15, 0.2) is 0 Å². The fraction of sp³-hybridized carbons (Fsp3) is 0.625. The van der Waals surface area contributed by atoms with Gasteiger partial charge < -0.3 is 4.74 Å². The molecule has 0 saturated heterocycles. The zero-order chi connectivity index (χ0) is 7.11. The minimum absolute atomic E-state index is 0.815. The molecule has 0 aliphatic carbocycles. The van der Waals surface area contributed by atoms with E-state index in [2.05, 4.69) is 13.5 Å². The lowest BCUT2D eigenvalue weighted by atomic mass is 10.0. The molecule has 0 fully saturated rings. The minimum Gasteiger partial charge on any atom is -0.385 e. The molecule has 0 aromatic carbocycles. The highest BCUT2D eigenvalue weighted by Crippen LogP contribution is 2.10. The highest BCUT2D eigenvalue weighted by atomic mass is 16.5. The number of rotatable bonds is 5. The van der Waals surface area contributed by atoms with Crippen LogP contribution in [0.3, 0.4) is 0 Å². The first-order valence-electron chi connectivity index (χ1n) is 3.31. The van der Waals surface area contributed by atoms with Crippen molar-refractivity contribution in [1.29, 1.82) is 0 Å². The van der Waals surface area contributed by atoms with Gasteiger partial charge >= 0.3 is 0 Å². The molecule has 9 heavy (non-hydrogen) atoms. The van der Waals surface area contributed by atoms with Gasteiger partial charge in [-0.2, -0.15) is 0 Å². The van der Waals surface area contributed by atoms with Crippen LogP contribution in [0.1, 0.15) is 19.8 Å². The largest absolute Gasteiger partial charge is 0.385 e. The van der Waals surface area contributed by atoms with Crippen LogP contribution in [0.5, 0.6) is 0 Å². The average Bonchev–Trinajstić information content (AvgIpc) is 1.91. The lowest BCUT2D eigenvalue weighted by molar-refractivity contribution is 0.198. The van der Waals surface area contributed by atoms with Gasteiger partial charge in [0.25, 0.3) is 0 Å². The fourth-order valence-corrected chi connectivity index (χ4v) is 0.656. The number of ether oxygens (including phenoxy) is 1. The van der Waals surface area contributed by atoms with Crippen LogP contribution in [0.15, 0.2) is 12.7 Å². The van der Waals surface area contributed by atoms with Crippen LogP contribution in [-0.2, 0) is 4.74 Å². The van der Waals surface area contributed by atoms with E-state index in [1.165, 1.54) is 5.92 Å². The lowest BCUT2D eigenvalue weighted by Crippen LogP contribution is -1.96. The summed E-state index contributed by atoms with van der Waals surface area (Å²) >= 11 is 0. The molecule has 0 rings (SSSR count). The zero-order valence-electron chi connectivity index (χ0n) is 6.31. The van der Waals surface area contributed by atoms with E-state index in [4.69, 9.17) is 4.74 Å². The van der Waals surface area contributed by atoms with Crippen molar-refractivity contribution < 1.29 is 4.74 Å². The first-order chi connectivity index (χ1) is 4.35. The molecule has 53 valence electrons. The summed E-state index contributed by atoms with van der Waals surface area (Å²) in [6.07, 6.45) is 4.03. The summed E-state index contributed by atoms with van der Waals surface area (Å²) in [6.45, 7) is 6.64. The SMILES string of the molecule is C=C[C](CC)CCOC. The maximum Gasteiger partial charge on any atom is 0.0470 e. The Hall–Kier alpha value is -0.300. The second-order valence-corrected chi connectivity index (χ2v) is 1.96. The van der Waals surface area contributed by atoms with E-state index in [9.17, 15) is 0 Å². The van der Waals surface area contributed by atoms with Gasteiger partial charge in [0.05, 0.1) is 0 Å². The molecular formula is C8H15O. The molecule has 0 bridgehead atoms. The van der Waals surface area contributed by atoms with E-state index < -0.39 is 0 Å². The van der Waals surface area contributed by atoms with Crippen LogP contribution in [0.4, 0.5) is 0 Å². The number of hydrogen-bond acceptors (Lipinski definition) is 1. The Morgan fingerprint density at radius 3 is 2.67 bits per heavy atom. The highest BCUT2D eigenvalue weighted by molar-refractivity contribution is 5.04. The van der Waals surface area contributed by atoms with Crippen molar-refractivity contribution in [2.45, 2.75) is 19.8 Å². The third-order valence-corrected chi connectivity index (χ3v) is 1.37. The minimum atomic E-state index is 0.815. The molecule has 1 nitrogen and oxygen atoms in total. The maximum absolute atomic E-state index is 4.91. The van der Waals surface area contributed by atoms with Crippen molar-refractivity contribution in [2.75, 3.05) is 13.7 Å². The predicted molar refractivity (Wildman–Crippen MR) is 40.2 cm³/mol. The molecule has 0 aliphatic heterocycles. The summed E-state index contributed by atoms with van der Waals surface area (Å²) in [7, 11) is 1.72. The van der Waals surface area contributed by atoms with Crippen LogP contribution < -0.4 is 0 Å². The van der Waals surface area contributed by atoms with Gasteiger partial charge in [0.1, 0.15) is 0 Å². The van der Waals surface area contributed by atoms with E-state index in [0.717, 1.165) is 19.4 Å². The number of allylic oxidation sites excluding steroid dienone is 1. The molecule has 0 aliphatic rings. The maximum atomic E-state index is 4.91. The second kappa shape index (κ2) is 5.83. The molecule has 0 aromatic rings. The van der Waals surface area contributed by atoms with Crippen LogP contribution in [-0.4, -0.2) is 13.7 Å². The third-order valence-electron chi connectivity index (χ3n) is 1.37. The van der Waals surface area contributed by atoms with Crippen molar-refractivity contribution in [3.8, 4) is 0 Å². The summed E-state index contributed by atoms with van der Waals surface area (Å²) in [4.78, 5) is 0. The molecule has 0 aromatic heterocycles. The van der Waals surface area contributed by atoms with Gasteiger partial charge in [0.2, 0.25) is 0 Å². The number of methoxy groups -OCH3 is 1. The summed E-state index contributed by atoms with van der Waals surface area (Å²) in [5.41, 5.74) is 0. The van der Waals surface area contributed by atoms with Gasteiger partial charge in [-0.1, -0.05) is 13.0 Å². The Balaban J connectivity index is 3.20. The fourth-order valence-electron chi connectivity index (χ4n) is 0.656. The standard InChI is InChI=1S/C8H15O/c1-4-8(5-2)6-7-9-3/h4H,1,5-7H2,2-3H3. The molecule has 0 amide bonds. The summed E-state index contributed by atoms with van der Waals surface area (Å²) in [6, 6.07) is 0. The van der Waals surface area contributed by atoms with Crippen LogP contribution in [0.25, 0.3) is 0 Å². The quantitative estimate of drug-likeness (QED) is 0.550. The molecule has 0 unspecified atom stereocenters. The molecule has 0 heterocycles. The van der Waals surface area contributed by atoms with E-state index in [1.807, 2.05) is 6.08 Å². The second-order valence-electron chi connectivity index (χ2n) is 1.96. The van der Waals surface area contributed by atoms with Gasteiger partial charge in [-0.3, -0.25) is 0 Å².